The van der Waals surface area contributed by atoms with Gasteiger partial charge in [0.2, 0.25) is 0 Å². The van der Waals surface area contributed by atoms with Gasteiger partial charge in [-0.3, -0.25) is 0 Å². The van der Waals surface area contributed by atoms with Crippen molar-refractivity contribution in [2.45, 2.75) is 32.8 Å². The van der Waals surface area contributed by atoms with Gasteiger partial charge in [0.1, 0.15) is 0 Å². The maximum atomic E-state index is 9.70. The second kappa shape index (κ2) is 4.06. The lowest BCUT2D eigenvalue weighted by Crippen LogP contribution is -2.23. The van der Waals surface area contributed by atoms with Crippen molar-refractivity contribution < 1.29 is 10.2 Å². The average molecular weight is 170 g/mol. The Labute approximate surface area is 73.9 Å². The van der Waals surface area contributed by atoms with E-state index in [1.807, 2.05) is 6.92 Å². The molecular formula is C10H18O2. The molecule has 0 aromatic carbocycles. The van der Waals surface area contributed by atoms with E-state index in [9.17, 15) is 5.11 Å². The van der Waals surface area contributed by atoms with Gasteiger partial charge in [-0.05, 0) is 37.2 Å². The second-order valence-corrected chi connectivity index (χ2v) is 3.78. The van der Waals surface area contributed by atoms with Crippen LogP contribution >= 0.6 is 0 Å². The zero-order valence-corrected chi connectivity index (χ0v) is 7.83. The molecule has 0 aromatic heterocycles. The Morgan fingerprint density at radius 3 is 2.75 bits per heavy atom. The minimum absolute atomic E-state index is 0.226. The molecule has 0 aliphatic heterocycles. The van der Waals surface area contributed by atoms with E-state index < -0.39 is 0 Å². The molecule has 70 valence electrons. The van der Waals surface area contributed by atoms with Gasteiger partial charge in [-0.2, -0.15) is 0 Å². The molecule has 0 heterocycles. The van der Waals surface area contributed by atoms with Crippen LogP contribution in [0.25, 0.3) is 0 Å². The Morgan fingerprint density at radius 2 is 2.33 bits per heavy atom. The molecular weight excluding hydrogens is 152 g/mol. The Kier molecular flexibility index (Phi) is 3.29. The molecule has 0 unspecified atom stereocenters. The van der Waals surface area contributed by atoms with Crippen LogP contribution in [-0.4, -0.2) is 22.9 Å². The first-order chi connectivity index (χ1) is 5.66. The van der Waals surface area contributed by atoms with E-state index >= 15 is 0 Å². The van der Waals surface area contributed by atoms with Gasteiger partial charge in [-0.25, -0.2) is 0 Å². The predicted octanol–water partition coefficient (Wildman–Crippen LogP) is 1.33. The van der Waals surface area contributed by atoms with Gasteiger partial charge < -0.3 is 10.2 Å². The van der Waals surface area contributed by atoms with Gasteiger partial charge in [0, 0.05) is 6.61 Å². The van der Waals surface area contributed by atoms with E-state index in [1.54, 1.807) is 0 Å². The van der Waals surface area contributed by atoms with Crippen LogP contribution in [0.5, 0.6) is 0 Å². The van der Waals surface area contributed by atoms with Crippen molar-refractivity contribution >= 4 is 0 Å². The maximum Gasteiger partial charge on any atom is 0.0781 e. The highest BCUT2D eigenvalue weighted by atomic mass is 16.3. The lowest BCUT2D eigenvalue weighted by atomic mass is 9.87. The van der Waals surface area contributed by atoms with E-state index in [2.05, 4.69) is 13.0 Å². The first-order valence-corrected chi connectivity index (χ1v) is 4.62. The largest absolute Gasteiger partial charge is 0.396 e. The molecule has 3 atom stereocenters. The Morgan fingerprint density at radius 1 is 1.67 bits per heavy atom. The number of rotatable bonds is 3. The average Bonchev–Trinajstić information content (AvgIpc) is 2.34. The normalized spacial score (nSPS) is 31.8. The zero-order chi connectivity index (χ0) is 9.14. The molecule has 1 aliphatic carbocycles. The van der Waals surface area contributed by atoms with Crippen molar-refractivity contribution in [1.82, 2.24) is 0 Å². The summed E-state index contributed by atoms with van der Waals surface area (Å²) in [5, 5.41) is 18.5. The zero-order valence-electron chi connectivity index (χ0n) is 7.83. The van der Waals surface area contributed by atoms with E-state index in [4.69, 9.17) is 5.11 Å². The van der Waals surface area contributed by atoms with E-state index in [-0.39, 0.29) is 12.7 Å². The highest BCUT2D eigenvalue weighted by molar-refractivity contribution is 5.14. The third kappa shape index (κ3) is 1.87. The van der Waals surface area contributed by atoms with Gasteiger partial charge in [-0.1, -0.05) is 13.0 Å². The number of aliphatic hydroxyl groups excluding tert-OH is 2. The molecule has 2 nitrogen and oxygen atoms in total. The quantitative estimate of drug-likeness (QED) is 0.627. The monoisotopic (exact) mass is 170 g/mol. The molecule has 1 aliphatic rings. The SMILES string of the molecule is CC1=CC[C@H]([C@@H](C)CCO)[C@@H]1O. The van der Waals surface area contributed by atoms with Crippen LogP contribution in [0.2, 0.25) is 0 Å². The van der Waals surface area contributed by atoms with Crippen LogP contribution < -0.4 is 0 Å². The molecule has 2 N–H and O–H groups in total. The molecule has 0 radical (unpaired) electrons. The fourth-order valence-corrected chi connectivity index (χ4v) is 1.87. The first kappa shape index (κ1) is 9.75. The third-order valence-electron chi connectivity index (χ3n) is 2.90. The lowest BCUT2D eigenvalue weighted by Gasteiger charge is -2.22. The van der Waals surface area contributed by atoms with Crippen LogP contribution in [0.4, 0.5) is 0 Å². The summed E-state index contributed by atoms with van der Waals surface area (Å²) in [6, 6.07) is 0. The van der Waals surface area contributed by atoms with Crippen molar-refractivity contribution in [1.29, 1.82) is 0 Å². The van der Waals surface area contributed by atoms with Crippen LogP contribution in [-0.2, 0) is 0 Å². The summed E-state index contributed by atoms with van der Waals surface area (Å²) < 4.78 is 0. The van der Waals surface area contributed by atoms with Crippen molar-refractivity contribution in [3.63, 3.8) is 0 Å². The van der Waals surface area contributed by atoms with Crippen molar-refractivity contribution in [3.05, 3.63) is 11.6 Å². The Bertz CT molecular complexity index is 175. The van der Waals surface area contributed by atoms with Crippen molar-refractivity contribution in [2.24, 2.45) is 11.8 Å². The van der Waals surface area contributed by atoms with Gasteiger partial charge in [0.25, 0.3) is 0 Å². The predicted molar refractivity (Wildman–Crippen MR) is 48.7 cm³/mol. The molecule has 1 rings (SSSR count). The van der Waals surface area contributed by atoms with Crippen LogP contribution in [0.15, 0.2) is 11.6 Å². The molecule has 0 aromatic rings. The number of allylic oxidation sites excluding steroid dienone is 1. The van der Waals surface area contributed by atoms with Gasteiger partial charge in [0.15, 0.2) is 0 Å². The summed E-state index contributed by atoms with van der Waals surface area (Å²) in [5.74, 6) is 0.746. The summed E-state index contributed by atoms with van der Waals surface area (Å²) >= 11 is 0. The minimum Gasteiger partial charge on any atom is -0.396 e. The summed E-state index contributed by atoms with van der Waals surface area (Å²) in [6.45, 7) is 4.29. The Hall–Kier alpha value is -0.340. The van der Waals surface area contributed by atoms with Crippen LogP contribution in [0.1, 0.15) is 26.7 Å². The molecule has 0 amide bonds. The molecule has 0 fully saturated rings. The maximum absolute atomic E-state index is 9.70. The topological polar surface area (TPSA) is 40.5 Å². The van der Waals surface area contributed by atoms with Gasteiger partial charge in [-0.15, -0.1) is 0 Å². The molecule has 2 heteroatoms. The van der Waals surface area contributed by atoms with E-state index in [0.717, 1.165) is 18.4 Å². The smallest absolute Gasteiger partial charge is 0.0781 e. The second-order valence-electron chi connectivity index (χ2n) is 3.78. The molecule has 0 saturated carbocycles. The fourth-order valence-electron chi connectivity index (χ4n) is 1.87. The summed E-state index contributed by atoms with van der Waals surface area (Å²) in [4.78, 5) is 0. The highest BCUT2D eigenvalue weighted by Gasteiger charge is 2.29. The first-order valence-electron chi connectivity index (χ1n) is 4.62. The standard InChI is InChI=1S/C10H18O2/c1-7(5-6-11)9-4-3-8(2)10(9)12/h3,7,9-12H,4-6H2,1-2H3/t7-,9+,10+/m0/s1. The summed E-state index contributed by atoms with van der Waals surface area (Å²) in [7, 11) is 0. The minimum atomic E-state index is -0.272. The van der Waals surface area contributed by atoms with Crippen LogP contribution in [0.3, 0.4) is 0 Å². The summed E-state index contributed by atoms with van der Waals surface area (Å²) in [5.41, 5.74) is 1.09. The van der Waals surface area contributed by atoms with Crippen LogP contribution in [0, 0.1) is 11.8 Å². The molecule has 0 spiro atoms. The fraction of sp³-hybridized carbons (Fsp3) is 0.800. The third-order valence-corrected chi connectivity index (χ3v) is 2.90. The summed E-state index contributed by atoms with van der Waals surface area (Å²) in [6.07, 6.45) is 3.59. The number of hydrogen-bond donors (Lipinski definition) is 2. The van der Waals surface area contributed by atoms with Crippen molar-refractivity contribution in [2.75, 3.05) is 6.61 Å². The number of aliphatic hydroxyl groups is 2. The lowest BCUT2D eigenvalue weighted by molar-refractivity contribution is 0.108. The highest BCUT2D eigenvalue weighted by Crippen LogP contribution is 2.32. The molecule has 0 saturated heterocycles. The van der Waals surface area contributed by atoms with Gasteiger partial charge >= 0.3 is 0 Å². The number of hydrogen-bond acceptors (Lipinski definition) is 2. The Balaban J connectivity index is 2.45. The van der Waals surface area contributed by atoms with E-state index in [0.29, 0.717) is 11.8 Å². The molecule has 12 heavy (non-hydrogen) atoms. The van der Waals surface area contributed by atoms with Gasteiger partial charge in [0.05, 0.1) is 6.10 Å². The molecule has 0 bridgehead atoms. The van der Waals surface area contributed by atoms with E-state index in [1.165, 1.54) is 0 Å². The van der Waals surface area contributed by atoms with Crippen molar-refractivity contribution in [3.8, 4) is 0 Å².